The summed E-state index contributed by atoms with van der Waals surface area (Å²) in [5, 5.41) is 13.3. The highest BCUT2D eigenvalue weighted by Gasteiger charge is 2.07. The summed E-state index contributed by atoms with van der Waals surface area (Å²) < 4.78 is 2.20. The smallest absolute Gasteiger partial charge is 0.246 e. The molecular weight excluding hydrogens is 286 g/mol. The van der Waals surface area contributed by atoms with Gasteiger partial charge in [0.05, 0.1) is 5.69 Å². The van der Waals surface area contributed by atoms with Crippen LogP contribution >= 0.6 is 15.9 Å². The lowest BCUT2D eigenvalue weighted by Crippen LogP contribution is -2.19. The Kier molecular flexibility index (Phi) is 3.48. The Morgan fingerprint density at radius 3 is 3.06 bits per heavy atom. The van der Waals surface area contributed by atoms with Gasteiger partial charge in [-0.05, 0) is 51.0 Å². The first-order valence-corrected chi connectivity index (χ1v) is 5.71. The molecule has 1 amide bonds. The van der Waals surface area contributed by atoms with Crippen LogP contribution in [0, 0.1) is 6.92 Å². The second-order valence-electron chi connectivity index (χ2n) is 3.54. The van der Waals surface area contributed by atoms with Gasteiger partial charge >= 0.3 is 0 Å². The molecule has 1 heterocycles. The molecule has 7 heteroatoms. The molecule has 6 nitrogen and oxygen atoms in total. The van der Waals surface area contributed by atoms with Crippen molar-refractivity contribution in [1.29, 1.82) is 0 Å². The zero-order valence-corrected chi connectivity index (χ0v) is 10.7. The average molecular weight is 296 g/mol. The van der Waals surface area contributed by atoms with E-state index in [1.165, 1.54) is 11.0 Å². The van der Waals surface area contributed by atoms with Crippen molar-refractivity contribution in [1.82, 2.24) is 20.2 Å². The summed E-state index contributed by atoms with van der Waals surface area (Å²) in [5.41, 5.74) is 1.81. The number of carbonyl (C=O) groups excluding carboxylic acids is 1. The molecular formula is C10H10BrN5O. The van der Waals surface area contributed by atoms with E-state index in [1.54, 1.807) is 0 Å². The van der Waals surface area contributed by atoms with Gasteiger partial charge in [0.1, 0.15) is 12.9 Å². The Morgan fingerprint density at radius 2 is 2.35 bits per heavy atom. The number of hydrogen-bond donors (Lipinski definition) is 1. The summed E-state index contributed by atoms with van der Waals surface area (Å²) in [5.74, 6) is -0.177. The van der Waals surface area contributed by atoms with Crippen LogP contribution in [0.25, 0.3) is 0 Å². The van der Waals surface area contributed by atoms with Crippen molar-refractivity contribution in [3.05, 3.63) is 34.6 Å². The van der Waals surface area contributed by atoms with E-state index in [1.807, 2.05) is 25.1 Å². The maximum absolute atomic E-state index is 11.7. The summed E-state index contributed by atoms with van der Waals surface area (Å²) in [6.45, 7) is 2.05. The number of rotatable bonds is 3. The fraction of sp³-hybridized carbons (Fsp3) is 0.200. The van der Waals surface area contributed by atoms with Gasteiger partial charge < -0.3 is 5.32 Å². The molecule has 0 aliphatic carbocycles. The number of amides is 1. The zero-order chi connectivity index (χ0) is 12.3. The monoisotopic (exact) mass is 295 g/mol. The standard InChI is InChI=1S/C10H10BrN5O/c1-7-2-3-8(11)9(4-7)13-10(17)5-16-6-12-14-15-16/h2-4,6H,5H2,1H3,(H,13,17). The number of carbonyl (C=O) groups is 1. The Bertz CT molecular complexity index is 525. The van der Waals surface area contributed by atoms with Gasteiger partial charge in [0.2, 0.25) is 5.91 Å². The first-order valence-electron chi connectivity index (χ1n) is 4.92. The molecule has 17 heavy (non-hydrogen) atoms. The molecule has 2 aromatic rings. The molecule has 0 fully saturated rings. The molecule has 0 saturated heterocycles. The van der Waals surface area contributed by atoms with Gasteiger partial charge in [-0.3, -0.25) is 4.79 Å². The highest BCUT2D eigenvalue weighted by atomic mass is 79.9. The number of nitrogens with one attached hydrogen (secondary N) is 1. The summed E-state index contributed by atoms with van der Waals surface area (Å²) in [6.07, 6.45) is 1.39. The number of benzene rings is 1. The number of halogens is 1. The Morgan fingerprint density at radius 1 is 1.53 bits per heavy atom. The van der Waals surface area contributed by atoms with E-state index in [9.17, 15) is 4.79 Å². The molecule has 88 valence electrons. The van der Waals surface area contributed by atoms with Crippen molar-refractivity contribution < 1.29 is 4.79 Å². The highest BCUT2D eigenvalue weighted by molar-refractivity contribution is 9.10. The van der Waals surface area contributed by atoms with Crippen LogP contribution in [-0.2, 0) is 11.3 Å². The van der Waals surface area contributed by atoms with Crippen molar-refractivity contribution >= 4 is 27.5 Å². The highest BCUT2D eigenvalue weighted by Crippen LogP contribution is 2.23. The molecule has 0 spiro atoms. The maximum Gasteiger partial charge on any atom is 0.246 e. The maximum atomic E-state index is 11.7. The van der Waals surface area contributed by atoms with Crippen LogP contribution in [0.15, 0.2) is 29.0 Å². The molecule has 1 aromatic heterocycles. The fourth-order valence-corrected chi connectivity index (χ4v) is 1.67. The van der Waals surface area contributed by atoms with Crippen LogP contribution in [0.4, 0.5) is 5.69 Å². The Labute approximate surface area is 106 Å². The van der Waals surface area contributed by atoms with Crippen molar-refractivity contribution in [3.63, 3.8) is 0 Å². The minimum absolute atomic E-state index is 0.0907. The fourth-order valence-electron chi connectivity index (χ4n) is 1.32. The van der Waals surface area contributed by atoms with E-state index < -0.39 is 0 Å². The van der Waals surface area contributed by atoms with Crippen LogP contribution in [0.5, 0.6) is 0 Å². The van der Waals surface area contributed by atoms with Crippen LogP contribution in [-0.4, -0.2) is 26.1 Å². The summed E-state index contributed by atoms with van der Waals surface area (Å²) in [6, 6.07) is 5.74. The number of anilines is 1. The quantitative estimate of drug-likeness (QED) is 0.928. The zero-order valence-electron chi connectivity index (χ0n) is 9.09. The molecule has 0 bridgehead atoms. The Hall–Kier alpha value is -1.76. The van der Waals surface area contributed by atoms with E-state index in [0.717, 1.165) is 15.7 Å². The van der Waals surface area contributed by atoms with E-state index in [0.29, 0.717) is 0 Å². The third kappa shape index (κ3) is 3.10. The summed E-state index contributed by atoms with van der Waals surface area (Å²) >= 11 is 3.38. The van der Waals surface area contributed by atoms with Crippen LogP contribution in [0.2, 0.25) is 0 Å². The van der Waals surface area contributed by atoms with Gasteiger partial charge in [-0.1, -0.05) is 6.07 Å². The predicted octanol–water partition coefficient (Wildman–Crippen LogP) is 1.38. The van der Waals surface area contributed by atoms with Crippen LogP contribution in [0.1, 0.15) is 5.56 Å². The SMILES string of the molecule is Cc1ccc(Br)c(NC(=O)Cn2cnnn2)c1. The topological polar surface area (TPSA) is 72.7 Å². The van der Waals surface area contributed by atoms with E-state index in [4.69, 9.17) is 0 Å². The summed E-state index contributed by atoms with van der Waals surface area (Å²) in [7, 11) is 0. The van der Waals surface area contributed by atoms with E-state index in [-0.39, 0.29) is 12.5 Å². The molecule has 0 radical (unpaired) electrons. The largest absolute Gasteiger partial charge is 0.323 e. The lowest BCUT2D eigenvalue weighted by atomic mass is 10.2. The molecule has 1 N–H and O–H groups in total. The molecule has 0 aliphatic heterocycles. The van der Waals surface area contributed by atoms with Gasteiger partial charge in [-0.15, -0.1) is 5.10 Å². The number of aromatic nitrogens is 4. The predicted molar refractivity (Wildman–Crippen MR) is 65.3 cm³/mol. The van der Waals surface area contributed by atoms with Crippen LogP contribution in [0.3, 0.4) is 0 Å². The average Bonchev–Trinajstić information content (AvgIpc) is 2.76. The van der Waals surface area contributed by atoms with Crippen molar-refractivity contribution in [3.8, 4) is 0 Å². The molecule has 0 atom stereocenters. The normalized spacial score (nSPS) is 10.2. The van der Waals surface area contributed by atoms with Crippen molar-refractivity contribution in [2.45, 2.75) is 13.5 Å². The first-order chi connectivity index (χ1) is 8.15. The first kappa shape index (κ1) is 11.7. The number of tetrazole rings is 1. The van der Waals surface area contributed by atoms with Crippen molar-refractivity contribution in [2.24, 2.45) is 0 Å². The molecule has 0 saturated carbocycles. The third-order valence-corrected chi connectivity index (χ3v) is 2.78. The molecule has 0 aliphatic rings. The second kappa shape index (κ2) is 5.05. The third-order valence-electron chi connectivity index (χ3n) is 2.09. The van der Waals surface area contributed by atoms with E-state index >= 15 is 0 Å². The van der Waals surface area contributed by atoms with Gasteiger partial charge in [0.25, 0.3) is 0 Å². The molecule has 0 unspecified atom stereocenters. The lowest BCUT2D eigenvalue weighted by molar-refractivity contribution is -0.116. The number of aryl methyl sites for hydroxylation is 1. The van der Waals surface area contributed by atoms with Gasteiger partial charge in [-0.25, -0.2) is 4.68 Å². The number of nitrogens with zero attached hydrogens (tertiary/aromatic N) is 4. The Balaban J connectivity index is 2.05. The minimum Gasteiger partial charge on any atom is -0.323 e. The van der Waals surface area contributed by atoms with Crippen LogP contribution < -0.4 is 5.32 Å². The van der Waals surface area contributed by atoms with Crippen molar-refractivity contribution in [2.75, 3.05) is 5.32 Å². The molecule has 1 aromatic carbocycles. The number of hydrogen-bond acceptors (Lipinski definition) is 4. The molecule has 2 rings (SSSR count). The minimum atomic E-state index is -0.177. The lowest BCUT2D eigenvalue weighted by Gasteiger charge is -2.07. The van der Waals surface area contributed by atoms with E-state index in [2.05, 4.69) is 36.8 Å². The van der Waals surface area contributed by atoms with Gasteiger partial charge in [0, 0.05) is 4.47 Å². The van der Waals surface area contributed by atoms with Gasteiger partial charge in [0.15, 0.2) is 0 Å². The summed E-state index contributed by atoms with van der Waals surface area (Å²) in [4.78, 5) is 11.7. The second-order valence-corrected chi connectivity index (χ2v) is 4.39. The van der Waals surface area contributed by atoms with Gasteiger partial charge in [-0.2, -0.15) is 0 Å².